The summed E-state index contributed by atoms with van der Waals surface area (Å²) in [6, 6.07) is 0. The van der Waals surface area contributed by atoms with E-state index in [9.17, 15) is 9.59 Å². The van der Waals surface area contributed by atoms with Crippen LogP contribution in [0.3, 0.4) is 0 Å². The Morgan fingerprint density at radius 3 is 2.38 bits per heavy atom. The average molecular weight is 292 g/mol. The largest absolute Gasteiger partial charge is 0.478 e. The molecule has 4 nitrogen and oxygen atoms in total. The zero-order valence-corrected chi connectivity index (χ0v) is 13.2. The Labute approximate surface area is 125 Å². The van der Waals surface area contributed by atoms with E-state index < -0.39 is 11.9 Å². The fourth-order valence-corrected chi connectivity index (χ4v) is 3.90. The lowest BCUT2D eigenvalue weighted by atomic mass is 9.70. The van der Waals surface area contributed by atoms with E-state index in [1.54, 1.807) is 0 Å². The third-order valence-electron chi connectivity index (χ3n) is 5.95. The highest BCUT2D eigenvalue weighted by atomic mass is 16.5. The van der Waals surface area contributed by atoms with Gasteiger partial charge in [-0.05, 0) is 43.6 Å². The molecule has 2 aliphatic rings. The second-order valence-electron chi connectivity index (χ2n) is 7.16. The number of ether oxygens (including phenoxy) is 1. The van der Waals surface area contributed by atoms with Gasteiger partial charge in [0.15, 0.2) is 0 Å². The van der Waals surface area contributed by atoms with Gasteiger partial charge in [0.25, 0.3) is 0 Å². The Kier molecular flexibility index (Phi) is 3.77. The maximum Gasteiger partial charge on any atom is 0.337 e. The molecule has 116 valence electrons. The second kappa shape index (κ2) is 5.00. The van der Waals surface area contributed by atoms with Crippen molar-refractivity contribution in [2.24, 2.45) is 16.7 Å². The molecule has 0 aromatic rings. The number of carboxylic acids is 1. The molecule has 0 saturated heterocycles. The van der Waals surface area contributed by atoms with Crippen molar-refractivity contribution in [2.45, 2.75) is 53.1 Å². The predicted octanol–water partition coefficient (Wildman–Crippen LogP) is 3.33. The standard InChI is InChI=1S/C17H24O4/c1-10(14(18)19)8-11(2)15(20)21-13-9-12-6-7-17(13,5)16(12,3)4/h8,12-13H,2,6-7,9H2,1,3-5H3,(H,18,19). The van der Waals surface area contributed by atoms with Gasteiger partial charge in [-0.15, -0.1) is 0 Å². The Morgan fingerprint density at radius 1 is 1.33 bits per heavy atom. The van der Waals surface area contributed by atoms with Crippen molar-refractivity contribution in [3.63, 3.8) is 0 Å². The van der Waals surface area contributed by atoms with E-state index >= 15 is 0 Å². The maximum atomic E-state index is 12.1. The van der Waals surface area contributed by atoms with Crippen LogP contribution >= 0.6 is 0 Å². The van der Waals surface area contributed by atoms with E-state index in [1.807, 2.05) is 0 Å². The summed E-state index contributed by atoms with van der Waals surface area (Å²) >= 11 is 0. The molecule has 0 radical (unpaired) electrons. The fraction of sp³-hybridized carbons (Fsp3) is 0.647. The topological polar surface area (TPSA) is 63.6 Å². The summed E-state index contributed by atoms with van der Waals surface area (Å²) in [4.78, 5) is 22.9. The van der Waals surface area contributed by atoms with Crippen molar-refractivity contribution in [2.75, 3.05) is 0 Å². The van der Waals surface area contributed by atoms with Crippen LogP contribution in [-0.2, 0) is 14.3 Å². The Hall–Kier alpha value is -1.58. The molecular formula is C17H24O4. The van der Waals surface area contributed by atoms with Crippen LogP contribution in [0.4, 0.5) is 0 Å². The quantitative estimate of drug-likeness (QED) is 0.490. The molecule has 1 N–H and O–H groups in total. The molecule has 2 bridgehead atoms. The minimum atomic E-state index is -1.06. The molecule has 0 spiro atoms. The van der Waals surface area contributed by atoms with E-state index in [0.717, 1.165) is 12.8 Å². The highest BCUT2D eigenvalue weighted by Gasteiger charge is 2.62. The summed E-state index contributed by atoms with van der Waals surface area (Å²) in [6.45, 7) is 11.8. The van der Waals surface area contributed by atoms with Crippen LogP contribution in [0.2, 0.25) is 0 Å². The zero-order valence-electron chi connectivity index (χ0n) is 13.2. The summed E-state index contributed by atoms with van der Waals surface area (Å²) in [5, 5.41) is 8.83. The fourth-order valence-electron chi connectivity index (χ4n) is 3.90. The Bertz CT molecular complexity index is 529. The van der Waals surface area contributed by atoms with Crippen LogP contribution in [0.1, 0.15) is 47.0 Å². The number of carbonyl (C=O) groups excluding carboxylic acids is 1. The van der Waals surface area contributed by atoms with Gasteiger partial charge in [0.05, 0.1) is 5.57 Å². The van der Waals surface area contributed by atoms with E-state index in [-0.39, 0.29) is 28.1 Å². The van der Waals surface area contributed by atoms with E-state index in [4.69, 9.17) is 9.84 Å². The zero-order chi connectivity index (χ0) is 16.0. The van der Waals surface area contributed by atoms with Gasteiger partial charge < -0.3 is 9.84 Å². The van der Waals surface area contributed by atoms with Crippen LogP contribution in [-0.4, -0.2) is 23.1 Å². The van der Waals surface area contributed by atoms with Crippen molar-refractivity contribution in [3.05, 3.63) is 23.8 Å². The number of carboxylic acid groups (broad SMARTS) is 1. The summed E-state index contributed by atoms with van der Waals surface area (Å²) in [5.74, 6) is -0.980. The van der Waals surface area contributed by atoms with Crippen LogP contribution in [0.25, 0.3) is 0 Å². The van der Waals surface area contributed by atoms with Crippen molar-refractivity contribution in [3.8, 4) is 0 Å². The summed E-state index contributed by atoms with van der Waals surface area (Å²) in [6.07, 6.45) is 4.32. The van der Waals surface area contributed by atoms with Gasteiger partial charge in [-0.2, -0.15) is 0 Å². The van der Waals surface area contributed by atoms with Gasteiger partial charge in [-0.1, -0.05) is 27.4 Å². The minimum absolute atomic E-state index is 0.000830. The first-order chi connectivity index (χ1) is 9.59. The number of esters is 1. The van der Waals surface area contributed by atoms with E-state index in [2.05, 4.69) is 27.4 Å². The first-order valence-corrected chi connectivity index (χ1v) is 7.41. The SMILES string of the molecule is C=C(C=C(C)C(=O)O)C(=O)OC1CC2CCC1(C)C2(C)C. The second-order valence-corrected chi connectivity index (χ2v) is 7.16. The van der Waals surface area contributed by atoms with Crippen molar-refractivity contribution >= 4 is 11.9 Å². The highest BCUT2D eigenvalue weighted by molar-refractivity contribution is 5.95. The maximum absolute atomic E-state index is 12.1. The van der Waals surface area contributed by atoms with E-state index in [1.165, 1.54) is 19.4 Å². The van der Waals surface area contributed by atoms with Gasteiger partial charge >= 0.3 is 11.9 Å². The molecular weight excluding hydrogens is 268 g/mol. The molecule has 21 heavy (non-hydrogen) atoms. The molecule has 0 amide bonds. The van der Waals surface area contributed by atoms with Gasteiger partial charge in [-0.3, -0.25) is 0 Å². The molecule has 0 aliphatic heterocycles. The number of carbonyl (C=O) groups is 2. The molecule has 2 saturated carbocycles. The summed E-state index contributed by atoms with van der Waals surface area (Å²) in [5.41, 5.74) is 0.348. The number of aliphatic carboxylic acids is 1. The van der Waals surface area contributed by atoms with Gasteiger partial charge in [0, 0.05) is 11.0 Å². The third kappa shape index (κ3) is 2.41. The lowest BCUT2D eigenvalue weighted by Crippen LogP contribution is -2.38. The lowest BCUT2D eigenvalue weighted by molar-refractivity contribution is -0.151. The Balaban J connectivity index is 2.07. The number of hydrogen-bond donors (Lipinski definition) is 1. The summed E-state index contributed by atoms with van der Waals surface area (Å²) in [7, 11) is 0. The molecule has 0 aromatic heterocycles. The normalized spacial score (nSPS) is 33.8. The molecule has 0 aromatic carbocycles. The molecule has 2 rings (SSSR count). The molecule has 4 heteroatoms. The Morgan fingerprint density at radius 2 is 1.95 bits per heavy atom. The molecule has 3 unspecified atom stereocenters. The third-order valence-corrected chi connectivity index (χ3v) is 5.95. The first kappa shape index (κ1) is 15.8. The predicted molar refractivity (Wildman–Crippen MR) is 79.6 cm³/mol. The van der Waals surface area contributed by atoms with Gasteiger partial charge in [-0.25, -0.2) is 9.59 Å². The van der Waals surface area contributed by atoms with Crippen molar-refractivity contribution in [1.82, 2.24) is 0 Å². The van der Waals surface area contributed by atoms with Crippen LogP contribution in [0.5, 0.6) is 0 Å². The van der Waals surface area contributed by atoms with Crippen LogP contribution < -0.4 is 0 Å². The van der Waals surface area contributed by atoms with Crippen molar-refractivity contribution < 1.29 is 19.4 Å². The first-order valence-electron chi connectivity index (χ1n) is 7.41. The number of rotatable bonds is 4. The monoisotopic (exact) mass is 292 g/mol. The molecule has 2 aliphatic carbocycles. The molecule has 0 heterocycles. The van der Waals surface area contributed by atoms with Crippen LogP contribution in [0, 0.1) is 16.7 Å². The minimum Gasteiger partial charge on any atom is -0.478 e. The average Bonchev–Trinajstić information content (AvgIpc) is 2.71. The molecule has 3 atom stereocenters. The highest BCUT2D eigenvalue weighted by Crippen LogP contribution is 2.66. The number of fused-ring (bicyclic) bond motifs is 2. The summed E-state index contributed by atoms with van der Waals surface area (Å²) < 4.78 is 5.65. The van der Waals surface area contributed by atoms with Gasteiger partial charge in [0.1, 0.15) is 6.10 Å². The van der Waals surface area contributed by atoms with E-state index in [0.29, 0.717) is 5.92 Å². The molecule has 2 fully saturated rings. The number of hydrogen-bond acceptors (Lipinski definition) is 3. The van der Waals surface area contributed by atoms with Crippen molar-refractivity contribution in [1.29, 1.82) is 0 Å². The lowest BCUT2D eigenvalue weighted by Gasteiger charge is -2.38. The van der Waals surface area contributed by atoms with Crippen LogP contribution in [0.15, 0.2) is 23.8 Å². The smallest absolute Gasteiger partial charge is 0.337 e. The van der Waals surface area contributed by atoms with Gasteiger partial charge in [0.2, 0.25) is 0 Å².